The molecule has 0 amide bonds. The van der Waals surface area contributed by atoms with Gasteiger partial charge in [-0.1, -0.05) is 67.6 Å². The van der Waals surface area contributed by atoms with E-state index in [0.717, 1.165) is 35.4 Å². The molecule has 0 N–H and O–H groups in total. The maximum Gasteiger partial charge on any atom is 0.109 e. The van der Waals surface area contributed by atoms with Crippen molar-refractivity contribution < 1.29 is 0 Å². The molecule has 4 aromatic rings. The second kappa shape index (κ2) is 6.56. The number of hydrogen-bond acceptors (Lipinski definition) is 1. The van der Waals surface area contributed by atoms with Gasteiger partial charge in [0, 0.05) is 19.9 Å². The third-order valence-electron chi connectivity index (χ3n) is 4.58. The summed E-state index contributed by atoms with van der Waals surface area (Å²) >= 11 is 0. The molecule has 1 heterocycles. The Hall–Kier alpha value is -2.87. The Morgan fingerprint density at radius 2 is 1.60 bits per heavy atom. The van der Waals surface area contributed by atoms with Crippen LogP contribution in [0.1, 0.15) is 23.9 Å². The van der Waals surface area contributed by atoms with E-state index in [9.17, 15) is 0 Å². The number of nitrogens with zero attached hydrogens (tertiary/aromatic N) is 2. The lowest BCUT2D eigenvalue weighted by Crippen LogP contribution is -2.04. The Kier molecular flexibility index (Phi) is 4.10. The minimum absolute atomic E-state index is 0.559. The highest BCUT2D eigenvalue weighted by atomic mass is 15.1. The SMILES string of the molecule is [C]c1ccccc1-c1ccc(Cn2c(CC)nc3ccccc32)cc1. The maximum atomic E-state index is 8.05. The molecule has 0 unspecified atom stereocenters. The van der Waals surface area contributed by atoms with Gasteiger partial charge in [-0.3, -0.25) is 0 Å². The van der Waals surface area contributed by atoms with Gasteiger partial charge in [0.1, 0.15) is 5.82 Å². The molecule has 4 rings (SSSR count). The van der Waals surface area contributed by atoms with Gasteiger partial charge in [-0.05, 0) is 34.4 Å². The maximum absolute atomic E-state index is 8.05. The number of aryl methyl sites for hydroxylation is 1. The van der Waals surface area contributed by atoms with Gasteiger partial charge in [-0.15, -0.1) is 0 Å². The Labute approximate surface area is 148 Å². The number of fused-ring (bicyclic) bond motifs is 1. The monoisotopic (exact) mass is 323 g/mol. The van der Waals surface area contributed by atoms with Crippen LogP contribution in [0.2, 0.25) is 0 Å². The molecule has 3 aromatic carbocycles. The van der Waals surface area contributed by atoms with Gasteiger partial charge in [0.15, 0.2) is 0 Å². The van der Waals surface area contributed by atoms with Crippen LogP contribution < -0.4 is 0 Å². The van der Waals surface area contributed by atoms with Crippen LogP contribution in [-0.2, 0) is 13.0 Å². The lowest BCUT2D eigenvalue weighted by Gasteiger charge is -2.10. The summed E-state index contributed by atoms with van der Waals surface area (Å²) in [7, 11) is 0. The van der Waals surface area contributed by atoms with Crippen LogP contribution in [0.5, 0.6) is 0 Å². The van der Waals surface area contributed by atoms with Crippen LogP contribution in [0, 0.1) is 6.92 Å². The van der Waals surface area contributed by atoms with Crippen molar-refractivity contribution in [2.75, 3.05) is 0 Å². The number of imidazole rings is 1. The molecule has 0 saturated carbocycles. The Balaban J connectivity index is 1.67. The summed E-state index contributed by atoms with van der Waals surface area (Å²) in [6, 6.07) is 24.5. The second-order valence-electron chi connectivity index (χ2n) is 6.20. The summed E-state index contributed by atoms with van der Waals surface area (Å²) in [5.41, 5.74) is 6.09. The minimum atomic E-state index is 0.559. The second-order valence-corrected chi connectivity index (χ2v) is 6.20. The summed E-state index contributed by atoms with van der Waals surface area (Å²) in [5, 5.41) is 0. The van der Waals surface area contributed by atoms with E-state index in [0.29, 0.717) is 5.56 Å². The summed E-state index contributed by atoms with van der Waals surface area (Å²) in [4.78, 5) is 4.74. The van der Waals surface area contributed by atoms with Gasteiger partial charge < -0.3 is 4.57 Å². The third kappa shape index (κ3) is 2.96. The zero-order valence-corrected chi connectivity index (χ0v) is 14.2. The Morgan fingerprint density at radius 1 is 0.880 bits per heavy atom. The molecule has 0 aliphatic carbocycles. The molecule has 0 atom stereocenters. The zero-order chi connectivity index (χ0) is 17.2. The largest absolute Gasteiger partial charge is 0.323 e. The summed E-state index contributed by atoms with van der Waals surface area (Å²) in [5.74, 6) is 1.11. The molecule has 0 fully saturated rings. The number of para-hydroxylation sites is 2. The number of rotatable bonds is 4. The molecular formula is C23H19N2. The van der Waals surface area contributed by atoms with E-state index in [1.165, 1.54) is 11.1 Å². The van der Waals surface area contributed by atoms with Crippen molar-refractivity contribution in [3.63, 3.8) is 0 Å². The van der Waals surface area contributed by atoms with Gasteiger partial charge in [0.25, 0.3) is 0 Å². The number of hydrogen-bond donors (Lipinski definition) is 0. The number of benzene rings is 3. The molecule has 2 heteroatoms. The van der Waals surface area contributed by atoms with Gasteiger partial charge in [0.05, 0.1) is 11.0 Å². The van der Waals surface area contributed by atoms with E-state index in [4.69, 9.17) is 11.9 Å². The van der Waals surface area contributed by atoms with Gasteiger partial charge in [-0.2, -0.15) is 0 Å². The van der Waals surface area contributed by atoms with Crippen molar-refractivity contribution >= 4 is 11.0 Å². The van der Waals surface area contributed by atoms with Crippen LogP contribution in [0.25, 0.3) is 22.2 Å². The molecule has 0 saturated heterocycles. The highest BCUT2D eigenvalue weighted by Gasteiger charge is 2.09. The molecule has 0 spiro atoms. The Morgan fingerprint density at radius 3 is 2.36 bits per heavy atom. The first-order valence-corrected chi connectivity index (χ1v) is 8.60. The average molecular weight is 323 g/mol. The quantitative estimate of drug-likeness (QED) is 0.501. The predicted molar refractivity (Wildman–Crippen MR) is 102 cm³/mol. The van der Waals surface area contributed by atoms with E-state index in [1.54, 1.807) is 0 Å². The average Bonchev–Trinajstić information content (AvgIpc) is 3.01. The van der Waals surface area contributed by atoms with Crippen molar-refractivity contribution in [2.24, 2.45) is 0 Å². The molecular weight excluding hydrogens is 304 g/mol. The molecule has 1 aromatic heterocycles. The van der Waals surface area contributed by atoms with Gasteiger partial charge in [0.2, 0.25) is 0 Å². The fourth-order valence-corrected chi connectivity index (χ4v) is 3.28. The van der Waals surface area contributed by atoms with Crippen LogP contribution in [0.4, 0.5) is 0 Å². The standard InChI is InChI=1S/C23H19N2/c1-3-23-24-21-10-6-7-11-22(21)25(23)16-18-12-14-19(15-13-18)20-9-5-4-8-17(20)2/h4-15H,3,16H2,1H3. The summed E-state index contributed by atoms with van der Waals surface area (Å²) in [6.07, 6.45) is 0.916. The van der Waals surface area contributed by atoms with Crippen molar-refractivity contribution in [3.05, 3.63) is 96.7 Å². The minimum Gasteiger partial charge on any atom is -0.323 e. The van der Waals surface area contributed by atoms with E-state index >= 15 is 0 Å². The van der Waals surface area contributed by atoms with E-state index in [1.807, 2.05) is 30.3 Å². The highest BCUT2D eigenvalue weighted by molar-refractivity contribution is 5.76. The smallest absolute Gasteiger partial charge is 0.109 e. The Bertz CT molecular complexity index is 1010. The van der Waals surface area contributed by atoms with E-state index in [2.05, 4.69) is 54.0 Å². The third-order valence-corrected chi connectivity index (χ3v) is 4.58. The van der Waals surface area contributed by atoms with Crippen LogP contribution in [0.15, 0.2) is 72.8 Å². The normalized spacial score (nSPS) is 11.1. The summed E-state index contributed by atoms with van der Waals surface area (Å²) < 4.78 is 2.29. The molecule has 2 nitrogen and oxygen atoms in total. The fraction of sp³-hybridized carbons (Fsp3) is 0.130. The van der Waals surface area contributed by atoms with E-state index < -0.39 is 0 Å². The molecule has 3 radical (unpaired) electrons. The molecule has 0 bridgehead atoms. The van der Waals surface area contributed by atoms with Gasteiger partial charge in [-0.25, -0.2) is 4.98 Å². The molecule has 121 valence electrons. The van der Waals surface area contributed by atoms with Crippen LogP contribution in [-0.4, -0.2) is 9.55 Å². The molecule has 0 aliphatic heterocycles. The number of aromatic nitrogens is 2. The van der Waals surface area contributed by atoms with Crippen LogP contribution >= 0.6 is 0 Å². The zero-order valence-electron chi connectivity index (χ0n) is 14.2. The van der Waals surface area contributed by atoms with Crippen molar-refractivity contribution in [1.29, 1.82) is 0 Å². The summed E-state index contributed by atoms with van der Waals surface area (Å²) in [6.45, 7) is 11.0. The lowest BCUT2D eigenvalue weighted by atomic mass is 9.99. The first kappa shape index (κ1) is 15.6. The predicted octanol–water partition coefficient (Wildman–Crippen LogP) is 5.25. The topological polar surface area (TPSA) is 17.8 Å². The van der Waals surface area contributed by atoms with E-state index in [-0.39, 0.29) is 0 Å². The van der Waals surface area contributed by atoms with Gasteiger partial charge >= 0.3 is 0 Å². The first-order valence-electron chi connectivity index (χ1n) is 8.60. The molecule has 0 aliphatic rings. The van der Waals surface area contributed by atoms with Crippen molar-refractivity contribution in [2.45, 2.75) is 19.9 Å². The molecule has 25 heavy (non-hydrogen) atoms. The first-order chi connectivity index (χ1) is 12.3. The van der Waals surface area contributed by atoms with Crippen molar-refractivity contribution in [3.8, 4) is 11.1 Å². The van der Waals surface area contributed by atoms with Crippen LogP contribution in [0.3, 0.4) is 0 Å². The highest BCUT2D eigenvalue weighted by Crippen LogP contribution is 2.24. The lowest BCUT2D eigenvalue weighted by molar-refractivity contribution is 0.753. The van der Waals surface area contributed by atoms with Crippen molar-refractivity contribution in [1.82, 2.24) is 9.55 Å². The fourth-order valence-electron chi connectivity index (χ4n) is 3.28.